The summed E-state index contributed by atoms with van der Waals surface area (Å²) < 4.78 is 30.0. The number of nitrogens with one attached hydrogen (secondary N) is 1. The minimum Gasteiger partial charge on any atom is -0.467 e. The summed E-state index contributed by atoms with van der Waals surface area (Å²) in [6.07, 6.45) is 0.842. The largest absolute Gasteiger partial charge is 0.467 e. The van der Waals surface area contributed by atoms with Crippen LogP contribution < -0.4 is 5.32 Å². The molecule has 1 atom stereocenters. The molecule has 0 aliphatic rings. The standard InChI is InChI=1S/C6H12BNO6S/c1-13-5(9)4(8-6(7)10)3-14-15(2,11)12/h4H,3,7H2,1-2H3,(H,8,10). The van der Waals surface area contributed by atoms with Crippen molar-refractivity contribution in [2.45, 2.75) is 6.04 Å². The van der Waals surface area contributed by atoms with Crippen LogP contribution in [0.4, 0.5) is 4.79 Å². The summed E-state index contributed by atoms with van der Waals surface area (Å²) in [5.41, 5.74) is 0. The second kappa shape index (κ2) is 5.71. The highest BCUT2D eigenvalue weighted by atomic mass is 32.2. The maximum atomic E-state index is 11.1. The first-order valence-electron chi connectivity index (χ1n) is 3.95. The number of rotatable bonds is 5. The van der Waals surface area contributed by atoms with Gasteiger partial charge in [0.15, 0.2) is 11.8 Å². The predicted molar refractivity (Wildman–Crippen MR) is 53.7 cm³/mol. The number of methoxy groups -OCH3 is 1. The summed E-state index contributed by atoms with van der Waals surface area (Å²) in [7, 11) is -1.34. The van der Waals surface area contributed by atoms with Crippen molar-refractivity contribution < 1.29 is 26.9 Å². The Labute approximate surface area is 88.7 Å². The number of amides is 1. The number of hydrogen-bond donors (Lipinski definition) is 1. The molecule has 0 saturated heterocycles. The average molecular weight is 237 g/mol. The second-order valence-electron chi connectivity index (χ2n) is 2.76. The number of esters is 1. The first kappa shape index (κ1) is 13.9. The fourth-order valence-electron chi connectivity index (χ4n) is 0.748. The molecule has 0 fully saturated rings. The van der Waals surface area contributed by atoms with Crippen molar-refractivity contribution in [1.29, 1.82) is 0 Å². The highest BCUT2D eigenvalue weighted by Gasteiger charge is 2.21. The Morgan fingerprint density at radius 2 is 2.00 bits per heavy atom. The summed E-state index contributed by atoms with van der Waals surface area (Å²) >= 11 is 0. The van der Waals surface area contributed by atoms with Crippen LogP contribution in [-0.4, -0.2) is 54.1 Å². The number of ether oxygens (including phenoxy) is 1. The third-order valence-corrected chi connectivity index (χ3v) is 1.88. The first-order chi connectivity index (χ1) is 6.76. The molecule has 0 aromatic carbocycles. The fourth-order valence-corrected chi connectivity index (χ4v) is 1.13. The van der Waals surface area contributed by atoms with E-state index < -0.39 is 34.5 Å². The lowest BCUT2D eigenvalue weighted by Crippen LogP contribution is -2.44. The van der Waals surface area contributed by atoms with Gasteiger partial charge in [-0.3, -0.25) is 8.98 Å². The van der Waals surface area contributed by atoms with E-state index in [-0.39, 0.29) is 0 Å². The van der Waals surface area contributed by atoms with Gasteiger partial charge in [0.05, 0.1) is 20.0 Å². The second-order valence-corrected chi connectivity index (χ2v) is 4.41. The third kappa shape index (κ3) is 6.92. The lowest BCUT2D eigenvalue weighted by molar-refractivity contribution is -0.143. The highest BCUT2D eigenvalue weighted by molar-refractivity contribution is 7.85. The van der Waals surface area contributed by atoms with Crippen molar-refractivity contribution >= 4 is 29.7 Å². The molecule has 0 heterocycles. The summed E-state index contributed by atoms with van der Waals surface area (Å²) in [5, 5.41) is 2.20. The van der Waals surface area contributed by atoms with Gasteiger partial charge in [-0.05, 0) is 0 Å². The molecule has 0 aromatic rings. The zero-order valence-electron chi connectivity index (χ0n) is 8.64. The van der Waals surface area contributed by atoms with Gasteiger partial charge in [0.25, 0.3) is 10.1 Å². The molecule has 1 unspecified atom stereocenters. The first-order valence-corrected chi connectivity index (χ1v) is 5.77. The number of hydrogen-bond acceptors (Lipinski definition) is 6. The molecule has 86 valence electrons. The van der Waals surface area contributed by atoms with E-state index in [1.165, 1.54) is 7.85 Å². The minimum absolute atomic E-state index is 0.481. The van der Waals surface area contributed by atoms with Crippen molar-refractivity contribution in [3.63, 3.8) is 0 Å². The van der Waals surface area contributed by atoms with Crippen LogP contribution >= 0.6 is 0 Å². The van der Waals surface area contributed by atoms with Gasteiger partial charge in [0.1, 0.15) is 0 Å². The minimum atomic E-state index is -3.66. The van der Waals surface area contributed by atoms with Gasteiger partial charge < -0.3 is 10.1 Å². The van der Waals surface area contributed by atoms with E-state index in [0.29, 0.717) is 0 Å². The van der Waals surface area contributed by atoms with Gasteiger partial charge in [-0.15, -0.1) is 0 Å². The van der Waals surface area contributed by atoms with E-state index in [1.807, 2.05) is 0 Å². The molecule has 0 spiro atoms. The fraction of sp³-hybridized carbons (Fsp3) is 0.667. The number of carbonyl (C=O) groups is 2. The lowest BCUT2D eigenvalue weighted by Gasteiger charge is -2.14. The molecule has 1 amide bonds. The number of carbonyl (C=O) groups excluding carboxylic acids is 2. The van der Waals surface area contributed by atoms with E-state index >= 15 is 0 Å². The third-order valence-electron chi connectivity index (χ3n) is 1.31. The summed E-state index contributed by atoms with van der Waals surface area (Å²) in [6, 6.07) is -1.12. The van der Waals surface area contributed by atoms with Crippen molar-refractivity contribution in [2.24, 2.45) is 0 Å². The highest BCUT2D eigenvalue weighted by Crippen LogP contribution is 1.94. The molecule has 0 radical (unpaired) electrons. The normalized spacial score (nSPS) is 12.9. The van der Waals surface area contributed by atoms with Gasteiger partial charge in [-0.2, -0.15) is 8.42 Å². The Balaban J connectivity index is 4.38. The van der Waals surface area contributed by atoms with Crippen LogP contribution in [0.25, 0.3) is 0 Å². The van der Waals surface area contributed by atoms with Crippen LogP contribution in [0.1, 0.15) is 0 Å². The van der Waals surface area contributed by atoms with Gasteiger partial charge >= 0.3 is 5.97 Å². The molecule has 7 nitrogen and oxygen atoms in total. The SMILES string of the molecule is BC(=O)NC(COS(C)(=O)=O)C(=O)OC. The van der Waals surface area contributed by atoms with E-state index in [9.17, 15) is 18.0 Å². The average Bonchev–Trinajstić information content (AvgIpc) is 2.09. The maximum Gasteiger partial charge on any atom is 0.330 e. The maximum absolute atomic E-state index is 11.1. The van der Waals surface area contributed by atoms with Crippen molar-refractivity contribution in [3.05, 3.63) is 0 Å². The van der Waals surface area contributed by atoms with Crippen LogP contribution in [0, 0.1) is 0 Å². The van der Waals surface area contributed by atoms with Gasteiger partial charge in [-0.25, -0.2) is 4.79 Å². The molecular weight excluding hydrogens is 225 g/mol. The van der Waals surface area contributed by atoms with E-state index in [2.05, 4.69) is 14.2 Å². The van der Waals surface area contributed by atoms with Gasteiger partial charge in [-0.1, -0.05) is 0 Å². The molecule has 1 N–H and O–H groups in total. The van der Waals surface area contributed by atoms with Crippen molar-refractivity contribution in [1.82, 2.24) is 5.32 Å². The summed E-state index contributed by atoms with van der Waals surface area (Å²) in [5.74, 6) is -1.25. The molecule has 0 aliphatic heterocycles. The molecule has 15 heavy (non-hydrogen) atoms. The Hall–Kier alpha value is -1.09. The molecule has 0 saturated carbocycles. The van der Waals surface area contributed by atoms with Crippen molar-refractivity contribution in [3.8, 4) is 0 Å². The Kier molecular flexibility index (Phi) is 5.30. The van der Waals surface area contributed by atoms with Crippen LogP contribution in [-0.2, 0) is 23.8 Å². The molecule has 9 heteroatoms. The molecule has 0 aromatic heterocycles. The molecule has 0 aliphatic carbocycles. The quantitative estimate of drug-likeness (QED) is 0.332. The molecule has 0 rings (SSSR count). The van der Waals surface area contributed by atoms with E-state index in [0.717, 1.165) is 13.4 Å². The Morgan fingerprint density at radius 3 is 2.33 bits per heavy atom. The zero-order valence-corrected chi connectivity index (χ0v) is 9.46. The van der Waals surface area contributed by atoms with E-state index in [4.69, 9.17) is 0 Å². The summed E-state index contributed by atoms with van der Waals surface area (Å²) in [4.78, 5) is 21.7. The smallest absolute Gasteiger partial charge is 0.330 e. The van der Waals surface area contributed by atoms with Gasteiger partial charge in [0.2, 0.25) is 7.85 Å². The van der Waals surface area contributed by atoms with Crippen LogP contribution in [0.2, 0.25) is 0 Å². The lowest BCUT2D eigenvalue weighted by atomic mass is 10.1. The predicted octanol–water partition coefficient (Wildman–Crippen LogP) is -2.15. The Morgan fingerprint density at radius 1 is 1.47 bits per heavy atom. The van der Waals surface area contributed by atoms with Crippen LogP contribution in [0.3, 0.4) is 0 Å². The molecule has 0 bridgehead atoms. The topological polar surface area (TPSA) is 98.8 Å². The van der Waals surface area contributed by atoms with Crippen molar-refractivity contribution in [2.75, 3.05) is 20.0 Å². The Bertz CT molecular complexity index is 340. The summed E-state index contributed by atoms with van der Waals surface area (Å²) in [6.45, 7) is -0.481. The van der Waals surface area contributed by atoms with Crippen LogP contribution in [0.15, 0.2) is 0 Å². The van der Waals surface area contributed by atoms with Crippen LogP contribution in [0.5, 0.6) is 0 Å². The van der Waals surface area contributed by atoms with E-state index in [1.54, 1.807) is 0 Å². The van der Waals surface area contributed by atoms with Gasteiger partial charge in [0, 0.05) is 0 Å². The monoisotopic (exact) mass is 237 g/mol. The molecular formula is C6H12BNO6S. The zero-order chi connectivity index (χ0) is 12.1.